The number of hydrogen-bond donors (Lipinski definition) is 2. The van der Waals surface area contributed by atoms with E-state index in [1.807, 2.05) is 0 Å². The van der Waals surface area contributed by atoms with Crippen LogP contribution >= 0.6 is 0 Å². The molecule has 0 heterocycles. The second-order valence-corrected chi connectivity index (χ2v) is 14.2. The maximum Gasteiger partial charge on any atom is 0.340 e. The van der Waals surface area contributed by atoms with Gasteiger partial charge in [0.2, 0.25) is 5.91 Å². The van der Waals surface area contributed by atoms with Crippen molar-refractivity contribution in [3.8, 4) is 17.6 Å². The van der Waals surface area contributed by atoms with Crippen LogP contribution in [0.25, 0.3) is 0 Å². The van der Waals surface area contributed by atoms with Crippen molar-refractivity contribution in [1.29, 1.82) is 0 Å². The summed E-state index contributed by atoms with van der Waals surface area (Å²) in [5, 5.41) is 14.4. The summed E-state index contributed by atoms with van der Waals surface area (Å²) in [6, 6.07) is 5.06. The van der Waals surface area contributed by atoms with Crippen LogP contribution in [0.15, 0.2) is 36.4 Å². The number of unbranched alkanes of at least 4 members (excludes halogenated alkanes) is 8. The third-order valence-corrected chi connectivity index (χ3v) is 8.74. The third-order valence-electron chi connectivity index (χ3n) is 8.74. The fraction of sp³-hybridized carbons (Fsp3) is 0.591. The lowest BCUT2D eigenvalue weighted by Crippen LogP contribution is -2.56. The fourth-order valence-corrected chi connectivity index (χ4v) is 5.62. The highest BCUT2D eigenvalue weighted by Crippen LogP contribution is 2.28. The van der Waals surface area contributed by atoms with Gasteiger partial charge in [0.25, 0.3) is 0 Å². The van der Waals surface area contributed by atoms with Gasteiger partial charge in [-0.25, -0.2) is 9.59 Å². The van der Waals surface area contributed by atoms with Gasteiger partial charge < -0.3 is 29.4 Å². The van der Waals surface area contributed by atoms with Crippen LogP contribution in [0.2, 0.25) is 0 Å². The van der Waals surface area contributed by atoms with E-state index in [0.29, 0.717) is 37.0 Å². The highest BCUT2D eigenvalue weighted by atomic mass is 16.6. The van der Waals surface area contributed by atoms with E-state index in [9.17, 15) is 43.5 Å². The Bertz CT molecular complexity index is 1600. The maximum atomic E-state index is 14.2. The molecule has 0 spiro atoms. The van der Waals surface area contributed by atoms with E-state index in [2.05, 4.69) is 24.1 Å². The molecule has 14 nitrogen and oxygen atoms in total. The fourth-order valence-electron chi connectivity index (χ4n) is 5.62. The minimum absolute atomic E-state index is 0.154. The molecule has 0 unspecified atom stereocenters. The van der Waals surface area contributed by atoms with E-state index in [1.165, 1.54) is 25.5 Å². The average molecular weight is 812 g/mol. The summed E-state index contributed by atoms with van der Waals surface area (Å²) < 4.78 is 20.6. The second kappa shape index (κ2) is 29.1. The Morgan fingerprint density at radius 1 is 0.776 bits per heavy atom. The molecule has 1 rings (SSSR count). The summed E-state index contributed by atoms with van der Waals surface area (Å²) in [4.78, 5) is 101. The van der Waals surface area contributed by atoms with E-state index in [0.717, 1.165) is 58.8 Å². The topological polar surface area (TPSA) is 206 Å². The molecule has 1 aromatic rings. The van der Waals surface area contributed by atoms with Crippen molar-refractivity contribution in [2.24, 2.45) is 5.92 Å². The number of Topliss-reactive ketones (excluding diaryl/α,β-unsaturated/α-hetero) is 4. The van der Waals surface area contributed by atoms with Crippen molar-refractivity contribution in [1.82, 2.24) is 5.32 Å². The zero-order valence-corrected chi connectivity index (χ0v) is 34.7. The van der Waals surface area contributed by atoms with Crippen LogP contribution in [0.3, 0.4) is 0 Å². The highest BCUT2D eigenvalue weighted by Gasteiger charge is 2.51. The molecule has 14 heteroatoms. The molecule has 3 atom stereocenters. The summed E-state index contributed by atoms with van der Waals surface area (Å²) in [5.41, 5.74) is -2.45. The van der Waals surface area contributed by atoms with Crippen LogP contribution < -0.4 is 10.1 Å². The molecule has 0 fully saturated rings. The van der Waals surface area contributed by atoms with Crippen LogP contribution in [0.1, 0.15) is 124 Å². The number of allylic oxidation sites excluding steroid dienone is 1. The monoisotopic (exact) mass is 811 g/mol. The van der Waals surface area contributed by atoms with Crippen LogP contribution in [-0.2, 0) is 59.0 Å². The molecule has 0 aliphatic heterocycles. The van der Waals surface area contributed by atoms with Crippen LogP contribution in [-0.4, -0.2) is 90.1 Å². The van der Waals surface area contributed by atoms with Gasteiger partial charge in [-0.3, -0.25) is 28.8 Å². The van der Waals surface area contributed by atoms with Crippen molar-refractivity contribution < 1.29 is 62.4 Å². The van der Waals surface area contributed by atoms with E-state index in [4.69, 9.17) is 18.9 Å². The lowest BCUT2D eigenvalue weighted by Gasteiger charge is -2.31. The first-order valence-electron chi connectivity index (χ1n) is 19.9. The summed E-state index contributed by atoms with van der Waals surface area (Å²) in [7, 11) is 0. The van der Waals surface area contributed by atoms with Gasteiger partial charge in [0.15, 0.2) is 23.0 Å². The Labute approximate surface area is 342 Å². The zero-order chi connectivity index (χ0) is 43.3. The van der Waals surface area contributed by atoms with Gasteiger partial charge in [0, 0.05) is 19.3 Å². The van der Waals surface area contributed by atoms with Crippen molar-refractivity contribution >= 4 is 46.9 Å². The average Bonchev–Trinajstić information content (AvgIpc) is 3.17. The number of amides is 1. The summed E-state index contributed by atoms with van der Waals surface area (Å²) in [5.74, 6) is -2.08. The van der Waals surface area contributed by atoms with E-state index < -0.39 is 85.0 Å². The van der Waals surface area contributed by atoms with E-state index in [1.54, 1.807) is 31.2 Å². The number of hydrogen-bond acceptors (Lipinski definition) is 13. The molecule has 1 aromatic carbocycles. The summed E-state index contributed by atoms with van der Waals surface area (Å²) >= 11 is 0. The Morgan fingerprint density at radius 3 is 1.93 bits per heavy atom. The number of ketones is 4. The van der Waals surface area contributed by atoms with Gasteiger partial charge in [-0.1, -0.05) is 75.7 Å². The number of nitrogens with one attached hydrogen (secondary N) is 1. The predicted molar refractivity (Wildman–Crippen MR) is 214 cm³/mol. The van der Waals surface area contributed by atoms with E-state index >= 15 is 0 Å². The molecule has 0 saturated carbocycles. The third kappa shape index (κ3) is 22.0. The molecule has 0 bridgehead atoms. The smallest absolute Gasteiger partial charge is 0.340 e. The predicted octanol–water partition coefficient (Wildman–Crippen LogP) is 5.08. The molecule has 0 aliphatic carbocycles. The molecular weight excluding hydrogens is 750 g/mol. The maximum absolute atomic E-state index is 14.2. The molecular formula is C44H61NO13. The SMILES string of the molecule is CC#CCOc1ccc(C[C@H](NC(=O)[C@@H](C=CCCCCCCC(=O)CCCCCCC)[C@@](O)(CC(=O)OCC(C)=O)C(=O)OCC(C)=O)C(=O)OCC(C)=O)cc1. The largest absolute Gasteiger partial charge is 0.481 e. The van der Waals surface area contributed by atoms with Crippen molar-refractivity contribution in [2.45, 2.75) is 136 Å². The minimum atomic E-state index is -2.98. The number of benzene rings is 1. The quantitative estimate of drug-likeness (QED) is 0.0331. The molecule has 2 N–H and O–H groups in total. The Kier molecular flexibility index (Phi) is 25.5. The standard InChI is InChI=1S/C44H61NO13/c1-6-8-10-13-16-19-36(49)20-17-14-11-12-15-18-21-38(44(54,43(53)58-31-34(5)48)28-40(50)56-29-32(3)46)41(51)45-39(42(52)57-30-33(4)47)27-35-22-24-37(25-23-35)55-26-9-7-2/h18,21-25,38-39,54H,6,8,10-17,19-20,26-31H2,1-5H3,(H,45,51)/t38-,39+,44+/m1/s1. The molecule has 320 valence electrons. The number of ether oxygens (including phenoxy) is 4. The zero-order valence-electron chi connectivity index (χ0n) is 34.7. The van der Waals surface area contributed by atoms with Crippen LogP contribution in [0.4, 0.5) is 0 Å². The number of carbonyl (C=O) groups is 8. The number of aliphatic hydroxyl groups is 1. The Hall–Kier alpha value is -5.16. The van der Waals surface area contributed by atoms with Crippen molar-refractivity contribution in [3.05, 3.63) is 42.0 Å². The number of rotatable bonds is 31. The first-order chi connectivity index (χ1) is 27.6. The Morgan fingerprint density at radius 2 is 1.34 bits per heavy atom. The van der Waals surface area contributed by atoms with Gasteiger partial charge in [-0.05, 0) is 71.1 Å². The van der Waals surface area contributed by atoms with Gasteiger partial charge in [-0.2, -0.15) is 0 Å². The van der Waals surface area contributed by atoms with Gasteiger partial charge in [-0.15, -0.1) is 5.92 Å². The van der Waals surface area contributed by atoms with Crippen LogP contribution in [0.5, 0.6) is 5.75 Å². The molecule has 58 heavy (non-hydrogen) atoms. The molecule has 0 saturated heterocycles. The lowest BCUT2D eigenvalue weighted by atomic mass is 9.82. The highest BCUT2D eigenvalue weighted by molar-refractivity contribution is 5.96. The molecule has 1 amide bonds. The first kappa shape index (κ1) is 50.9. The normalized spacial score (nSPS) is 12.9. The summed E-state index contributed by atoms with van der Waals surface area (Å²) in [6.07, 6.45) is 11.2. The molecule has 0 radical (unpaired) electrons. The number of esters is 3. The Balaban J connectivity index is 3.36. The lowest BCUT2D eigenvalue weighted by molar-refractivity contribution is -0.179. The van der Waals surface area contributed by atoms with Gasteiger partial charge in [0.1, 0.15) is 44.0 Å². The summed E-state index contributed by atoms with van der Waals surface area (Å²) in [6.45, 7) is 5.41. The molecule has 0 aliphatic rings. The number of carbonyl (C=O) groups excluding carboxylic acids is 8. The van der Waals surface area contributed by atoms with Crippen molar-refractivity contribution in [3.63, 3.8) is 0 Å². The minimum Gasteiger partial charge on any atom is -0.481 e. The van der Waals surface area contributed by atoms with Gasteiger partial charge >= 0.3 is 17.9 Å². The molecule has 0 aromatic heterocycles. The van der Waals surface area contributed by atoms with Crippen molar-refractivity contribution in [2.75, 3.05) is 26.4 Å². The first-order valence-corrected chi connectivity index (χ1v) is 19.9. The second-order valence-electron chi connectivity index (χ2n) is 14.2. The van der Waals surface area contributed by atoms with Crippen LogP contribution in [0, 0.1) is 17.8 Å². The van der Waals surface area contributed by atoms with Gasteiger partial charge in [0.05, 0.1) is 12.3 Å². The van der Waals surface area contributed by atoms with E-state index in [-0.39, 0.29) is 18.8 Å².